The van der Waals surface area contributed by atoms with E-state index in [0.29, 0.717) is 13.2 Å². The highest BCUT2D eigenvalue weighted by molar-refractivity contribution is 5.80. The molecule has 0 bridgehead atoms. The number of ether oxygens (including phenoxy) is 1. The van der Waals surface area contributed by atoms with Crippen molar-refractivity contribution in [3.8, 4) is 0 Å². The van der Waals surface area contributed by atoms with E-state index in [1.807, 2.05) is 6.92 Å². The van der Waals surface area contributed by atoms with Gasteiger partial charge in [0.1, 0.15) is 6.54 Å². The van der Waals surface area contributed by atoms with Crippen LogP contribution in [0.1, 0.15) is 20.3 Å². The summed E-state index contributed by atoms with van der Waals surface area (Å²) < 4.78 is 4.85. The van der Waals surface area contributed by atoms with Crippen molar-refractivity contribution in [2.75, 3.05) is 19.7 Å². The molecule has 0 rings (SSSR count). The van der Waals surface area contributed by atoms with E-state index in [2.05, 4.69) is 6.58 Å². The third-order valence-electron chi connectivity index (χ3n) is 1.58. The zero-order chi connectivity index (χ0) is 11.0. The Balaban J connectivity index is 3.95. The molecule has 1 amide bonds. The summed E-state index contributed by atoms with van der Waals surface area (Å²) in [5.41, 5.74) is 0. The predicted molar refractivity (Wildman–Crippen MR) is 53.7 cm³/mol. The van der Waals surface area contributed by atoms with Gasteiger partial charge in [0.05, 0.1) is 6.61 Å². The summed E-state index contributed by atoms with van der Waals surface area (Å²) in [7, 11) is 0. The number of rotatable bonds is 6. The largest absolute Gasteiger partial charge is 0.464 e. The van der Waals surface area contributed by atoms with Gasteiger partial charge >= 0.3 is 5.97 Å². The monoisotopic (exact) mass is 199 g/mol. The van der Waals surface area contributed by atoms with Gasteiger partial charge in [0.15, 0.2) is 0 Å². The molecule has 0 aromatic heterocycles. The number of esters is 1. The lowest BCUT2D eigenvalue weighted by Crippen LogP contribution is -2.35. The molecule has 0 aliphatic heterocycles. The average Bonchev–Trinajstić information content (AvgIpc) is 2.14. The van der Waals surface area contributed by atoms with Crippen molar-refractivity contribution in [3.63, 3.8) is 0 Å². The molecule has 0 aliphatic carbocycles. The first-order chi connectivity index (χ1) is 6.61. The summed E-state index contributed by atoms with van der Waals surface area (Å²) in [5.74, 6) is -0.526. The molecule has 0 spiro atoms. The summed E-state index contributed by atoms with van der Waals surface area (Å²) >= 11 is 0. The van der Waals surface area contributed by atoms with Crippen LogP contribution in [0.2, 0.25) is 0 Å². The molecule has 4 nitrogen and oxygen atoms in total. The van der Waals surface area contributed by atoms with Gasteiger partial charge in [-0.25, -0.2) is 0 Å². The fourth-order valence-corrected chi connectivity index (χ4v) is 0.878. The van der Waals surface area contributed by atoms with E-state index in [1.54, 1.807) is 6.08 Å². The van der Waals surface area contributed by atoms with Crippen LogP contribution >= 0.6 is 0 Å². The molecule has 0 saturated carbocycles. The predicted octanol–water partition coefficient (Wildman–Crippen LogP) is 0.974. The third-order valence-corrected chi connectivity index (χ3v) is 1.58. The molecule has 80 valence electrons. The number of carbonyl (C=O) groups excluding carboxylic acids is 2. The van der Waals surface area contributed by atoms with Gasteiger partial charge in [-0.05, 0) is 6.42 Å². The van der Waals surface area contributed by atoms with E-state index in [-0.39, 0.29) is 18.4 Å². The van der Waals surface area contributed by atoms with Gasteiger partial charge in [0, 0.05) is 13.5 Å². The van der Waals surface area contributed by atoms with Crippen LogP contribution in [-0.4, -0.2) is 36.5 Å². The molecule has 0 atom stereocenters. The van der Waals surface area contributed by atoms with Gasteiger partial charge in [0.25, 0.3) is 0 Å². The molecule has 0 aliphatic rings. The Morgan fingerprint density at radius 3 is 2.57 bits per heavy atom. The highest BCUT2D eigenvalue weighted by atomic mass is 16.5. The van der Waals surface area contributed by atoms with Gasteiger partial charge in [0.2, 0.25) is 5.91 Å². The molecule has 0 unspecified atom stereocenters. The highest BCUT2D eigenvalue weighted by Gasteiger charge is 2.12. The number of carbonyl (C=O) groups is 2. The van der Waals surface area contributed by atoms with Crippen molar-refractivity contribution < 1.29 is 14.3 Å². The molecular formula is C10H17NO3. The fraction of sp³-hybridized carbons (Fsp3) is 0.600. The first kappa shape index (κ1) is 12.7. The minimum atomic E-state index is -0.371. The van der Waals surface area contributed by atoms with Crippen LogP contribution in [-0.2, 0) is 14.3 Å². The molecule has 0 aromatic rings. The molecular weight excluding hydrogens is 182 g/mol. The average molecular weight is 199 g/mol. The summed E-state index contributed by atoms with van der Waals surface area (Å²) in [6.07, 6.45) is 2.36. The third kappa shape index (κ3) is 5.35. The summed E-state index contributed by atoms with van der Waals surface area (Å²) in [5, 5.41) is 0. The van der Waals surface area contributed by atoms with E-state index in [9.17, 15) is 9.59 Å². The first-order valence-corrected chi connectivity index (χ1v) is 4.63. The minimum absolute atomic E-state index is 0.00134. The smallest absolute Gasteiger partial charge is 0.325 e. The normalized spacial score (nSPS) is 9.29. The van der Waals surface area contributed by atoms with Crippen LogP contribution in [0.5, 0.6) is 0 Å². The van der Waals surface area contributed by atoms with E-state index in [1.165, 1.54) is 11.8 Å². The number of amides is 1. The molecule has 0 fully saturated rings. The maximum atomic E-state index is 11.1. The standard InChI is InChI=1S/C10H17NO3/c1-4-6-11(9(3)12)8-10(13)14-7-5-2/h4H,1,5-8H2,2-3H3. The Morgan fingerprint density at radius 1 is 1.50 bits per heavy atom. The Hall–Kier alpha value is -1.32. The minimum Gasteiger partial charge on any atom is -0.464 e. The van der Waals surface area contributed by atoms with E-state index in [0.717, 1.165) is 6.42 Å². The summed E-state index contributed by atoms with van der Waals surface area (Å²) in [4.78, 5) is 23.5. The first-order valence-electron chi connectivity index (χ1n) is 4.63. The Labute approximate surface area is 84.5 Å². The second-order valence-electron chi connectivity index (χ2n) is 2.91. The molecule has 4 heteroatoms. The second-order valence-corrected chi connectivity index (χ2v) is 2.91. The summed E-state index contributed by atoms with van der Waals surface area (Å²) in [6, 6.07) is 0. The van der Waals surface area contributed by atoms with Gasteiger partial charge in [-0.15, -0.1) is 6.58 Å². The van der Waals surface area contributed by atoms with Gasteiger partial charge < -0.3 is 9.64 Å². The van der Waals surface area contributed by atoms with Crippen molar-refractivity contribution in [3.05, 3.63) is 12.7 Å². The summed E-state index contributed by atoms with van der Waals surface area (Å²) in [6.45, 7) is 7.61. The van der Waals surface area contributed by atoms with Crippen molar-refractivity contribution in [1.82, 2.24) is 4.90 Å². The van der Waals surface area contributed by atoms with Gasteiger partial charge in [-0.2, -0.15) is 0 Å². The quantitative estimate of drug-likeness (QED) is 0.473. The van der Waals surface area contributed by atoms with E-state index < -0.39 is 0 Å². The van der Waals surface area contributed by atoms with Crippen LogP contribution in [0, 0.1) is 0 Å². The molecule has 0 heterocycles. The Morgan fingerprint density at radius 2 is 2.14 bits per heavy atom. The fourth-order valence-electron chi connectivity index (χ4n) is 0.878. The molecule has 0 radical (unpaired) electrons. The highest BCUT2D eigenvalue weighted by Crippen LogP contribution is 1.92. The van der Waals surface area contributed by atoms with Crippen LogP contribution in [0.15, 0.2) is 12.7 Å². The topological polar surface area (TPSA) is 46.6 Å². The SMILES string of the molecule is C=CCN(CC(=O)OCCC)C(C)=O. The van der Waals surface area contributed by atoms with E-state index in [4.69, 9.17) is 4.74 Å². The van der Waals surface area contributed by atoms with Crippen LogP contribution in [0.3, 0.4) is 0 Å². The number of hydrogen-bond acceptors (Lipinski definition) is 3. The lowest BCUT2D eigenvalue weighted by Gasteiger charge is -2.17. The Kier molecular flexibility index (Phi) is 6.45. The maximum absolute atomic E-state index is 11.1. The van der Waals surface area contributed by atoms with Crippen molar-refractivity contribution in [2.45, 2.75) is 20.3 Å². The van der Waals surface area contributed by atoms with E-state index >= 15 is 0 Å². The number of nitrogens with zero attached hydrogens (tertiary/aromatic N) is 1. The molecule has 0 aromatic carbocycles. The van der Waals surface area contributed by atoms with Crippen molar-refractivity contribution in [1.29, 1.82) is 0 Å². The Bertz CT molecular complexity index is 213. The lowest BCUT2D eigenvalue weighted by atomic mass is 10.4. The van der Waals surface area contributed by atoms with Crippen LogP contribution < -0.4 is 0 Å². The maximum Gasteiger partial charge on any atom is 0.325 e. The zero-order valence-electron chi connectivity index (χ0n) is 8.78. The zero-order valence-corrected chi connectivity index (χ0v) is 8.78. The van der Waals surface area contributed by atoms with Crippen LogP contribution in [0.4, 0.5) is 0 Å². The molecule has 0 N–H and O–H groups in total. The van der Waals surface area contributed by atoms with Gasteiger partial charge in [-0.3, -0.25) is 9.59 Å². The van der Waals surface area contributed by atoms with Gasteiger partial charge in [-0.1, -0.05) is 13.0 Å². The van der Waals surface area contributed by atoms with Crippen LogP contribution in [0.25, 0.3) is 0 Å². The molecule has 0 saturated heterocycles. The second kappa shape index (κ2) is 7.12. The van der Waals surface area contributed by atoms with Crippen molar-refractivity contribution in [2.24, 2.45) is 0 Å². The number of hydrogen-bond donors (Lipinski definition) is 0. The molecule has 14 heavy (non-hydrogen) atoms. The van der Waals surface area contributed by atoms with Crippen molar-refractivity contribution >= 4 is 11.9 Å². The lowest BCUT2D eigenvalue weighted by molar-refractivity contribution is -0.148.